The van der Waals surface area contributed by atoms with Crippen LogP contribution in [0.1, 0.15) is 18.9 Å². The van der Waals surface area contributed by atoms with Crippen LogP contribution in [-0.2, 0) is 6.54 Å². The van der Waals surface area contributed by atoms with Crippen molar-refractivity contribution < 1.29 is 5.11 Å². The van der Waals surface area contributed by atoms with Crippen molar-refractivity contribution in [2.45, 2.75) is 19.9 Å². The van der Waals surface area contributed by atoms with Gasteiger partial charge in [0, 0.05) is 43.3 Å². The molecule has 3 nitrogen and oxygen atoms in total. The van der Waals surface area contributed by atoms with E-state index in [4.69, 9.17) is 11.6 Å². The van der Waals surface area contributed by atoms with Crippen molar-refractivity contribution >= 4 is 11.6 Å². The maximum absolute atomic E-state index is 9.81. The predicted octanol–water partition coefficient (Wildman–Crippen LogP) is 2.57. The van der Waals surface area contributed by atoms with Crippen molar-refractivity contribution in [3.63, 3.8) is 0 Å². The van der Waals surface area contributed by atoms with Crippen LogP contribution in [0.4, 0.5) is 0 Å². The highest BCUT2D eigenvalue weighted by Gasteiger charge is 2.17. The minimum Gasteiger partial charge on any atom is -0.508 e. The summed E-state index contributed by atoms with van der Waals surface area (Å²) < 4.78 is 0. The third kappa shape index (κ3) is 3.61. The summed E-state index contributed by atoms with van der Waals surface area (Å²) in [6.45, 7) is 8.56. The fourth-order valence-corrected chi connectivity index (χ4v) is 2.60. The fraction of sp³-hybridized carbons (Fsp3) is 0.571. The molecule has 0 spiro atoms. The number of rotatable bonds is 4. The maximum Gasteiger partial charge on any atom is 0.120 e. The van der Waals surface area contributed by atoms with Crippen LogP contribution in [-0.4, -0.2) is 47.6 Å². The van der Waals surface area contributed by atoms with Crippen molar-refractivity contribution in [3.05, 3.63) is 28.8 Å². The van der Waals surface area contributed by atoms with Crippen molar-refractivity contribution in [1.29, 1.82) is 0 Å². The molecule has 1 heterocycles. The highest BCUT2D eigenvalue weighted by Crippen LogP contribution is 2.23. The number of aromatic hydroxyl groups is 1. The Hall–Kier alpha value is -0.770. The monoisotopic (exact) mass is 268 g/mol. The van der Waals surface area contributed by atoms with Crippen LogP contribution >= 0.6 is 11.6 Å². The molecule has 1 saturated heterocycles. The summed E-state index contributed by atoms with van der Waals surface area (Å²) in [7, 11) is 0. The fourth-order valence-electron chi connectivity index (χ4n) is 2.41. The highest BCUT2D eigenvalue weighted by molar-refractivity contribution is 6.30. The highest BCUT2D eigenvalue weighted by atomic mass is 35.5. The zero-order valence-electron chi connectivity index (χ0n) is 10.9. The molecule has 0 aromatic heterocycles. The van der Waals surface area contributed by atoms with Crippen LogP contribution in [0.25, 0.3) is 0 Å². The SMILES string of the molecule is CCCN1CCN(Cc2cc(Cl)ccc2O)CC1. The van der Waals surface area contributed by atoms with Gasteiger partial charge in [-0.15, -0.1) is 0 Å². The minimum absolute atomic E-state index is 0.343. The molecular formula is C14H21ClN2O. The Morgan fingerprint density at radius 1 is 1.17 bits per heavy atom. The van der Waals surface area contributed by atoms with Crippen LogP contribution in [0.2, 0.25) is 5.02 Å². The Bertz CT molecular complexity index is 389. The van der Waals surface area contributed by atoms with Crippen LogP contribution in [0.15, 0.2) is 18.2 Å². The zero-order valence-corrected chi connectivity index (χ0v) is 11.7. The predicted molar refractivity (Wildman–Crippen MR) is 75.1 cm³/mol. The first kappa shape index (κ1) is 13.7. The van der Waals surface area contributed by atoms with Gasteiger partial charge in [-0.05, 0) is 31.2 Å². The topological polar surface area (TPSA) is 26.7 Å². The molecule has 1 aliphatic heterocycles. The van der Waals surface area contributed by atoms with Crippen LogP contribution < -0.4 is 0 Å². The van der Waals surface area contributed by atoms with Gasteiger partial charge in [-0.1, -0.05) is 18.5 Å². The van der Waals surface area contributed by atoms with Crippen molar-refractivity contribution in [3.8, 4) is 5.75 Å². The summed E-state index contributed by atoms with van der Waals surface area (Å²) in [5, 5.41) is 10.5. The quantitative estimate of drug-likeness (QED) is 0.909. The Morgan fingerprint density at radius 2 is 1.83 bits per heavy atom. The summed E-state index contributed by atoms with van der Waals surface area (Å²) in [5.41, 5.74) is 0.923. The van der Waals surface area contributed by atoms with Gasteiger partial charge in [-0.2, -0.15) is 0 Å². The van der Waals surface area contributed by atoms with Gasteiger partial charge >= 0.3 is 0 Å². The number of halogens is 1. The van der Waals surface area contributed by atoms with Gasteiger partial charge in [-0.3, -0.25) is 4.90 Å². The molecule has 1 aromatic rings. The number of nitrogens with zero attached hydrogens (tertiary/aromatic N) is 2. The van der Waals surface area contributed by atoms with Gasteiger partial charge in [0.2, 0.25) is 0 Å². The second kappa shape index (κ2) is 6.41. The lowest BCUT2D eigenvalue weighted by atomic mass is 10.1. The Balaban J connectivity index is 1.89. The summed E-state index contributed by atoms with van der Waals surface area (Å²) in [5.74, 6) is 0.343. The summed E-state index contributed by atoms with van der Waals surface area (Å²) in [4.78, 5) is 4.87. The molecule has 0 atom stereocenters. The van der Waals surface area contributed by atoms with E-state index in [0.717, 1.165) is 38.3 Å². The van der Waals surface area contributed by atoms with Gasteiger partial charge in [0.15, 0.2) is 0 Å². The summed E-state index contributed by atoms with van der Waals surface area (Å²) in [6.07, 6.45) is 1.22. The van der Waals surface area contributed by atoms with Gasteiger partial charge in [0.1, 0.15) is 5.75 Å². The van der Waals surface area contributed by atoms with Crippen molar-refractivity contribution in [2.75, 3.05) is 32.7 Å². The first-order valence-corrected chi connectivity index (χ1v) is 6.99. The van der Waals surface area contributed by atoms with Crippen LogP contribution in [0.3, 0.4) is 0 Å². The van der Waals surface area contributed by atoms with Crippen molar-refractivity contribution in [1.82, 2.24) is 9.80 Å². The second-order valence-electron chi connectivity index (χ2n) is 4.89. The Labute approximate surface area is 114 Å². The molecule has 4 heteroatoms. The second-order valence-corrected chi connectivity index (χ2v) is 5.33. The first-order valence-electron chi connectivity index (χ1n) is 6.61. The summed E-state index contributed by atoms with van der Waals surface area (Å²) >= 11 is 5.96. The zero-order chi connectivity index (χ0) is 13.0. The summed E-state index contributed by atoms with van der Waals surface area (Å²) in [6, 6.07) is 5.25. The van der Waals surface area contributed by atoms with Gasteiger partial charge in [0.05, 0.1) is 0 Å². The number of hydrogen-bond acceptors (Lipinski definition) is 3. The Morgan fingerprint density at radius 3 is 2.50 bits per heavy atom. The molecule has 0 saturated carbocycles. The van der Waals surface area contributed by atoms with E-state index in [1.165, 1.54) is 13.0 Å². The largest absolute Gasteiger partial charge is 0.508 e. The molecule has 2 rings (SSSR count). The van der Waals surface area contributed by atoms with E-state index in [2.05, 4.69) is 16.7 Å². The Kier molecular flexibility index (Phi) is 4.87. The molecule has 0 aliphatic carbocycles. The molecule has 0 amide bonds. The van der Waals surface area contributed by atoms with E-state index in [-0.39, 0.29) is 0 Å². The molecule has 100 valence electrons. The molecule has 1 aromatic carbocycles. The average Bonchev–Trinajstić information content (AvgIpc) is 2.37. The van der Waals surface area contributed by atoms with Crippen LogP contribution in [0.5, 0.6) is 5.75 Å². The average molecular weight is 269 g/mol. The van der Waals surface area contributed by atoms with Gasteiger partial charge < -0.3 is 10.0 Å². The van der Waals surface area contributed by atoms with Crippen LogP contribution in [0, 0.1) is 0 Å². The van der Waals surface area contributed by atoms with Crippen molar-refractivity contribution in [2.24, 2.45) is 0 Å². The third-order valence-electron chi connectivity index (χ3n) is 3.44. The number of benzene rings is 1. The normalized spacial score (nSPS) is 18.1. The molecule has 1 aliphatic rings. The molecule has 1 N–H and O–H groups in total. The lowest BCUT2D eigenvalue weighted by molar-refractivity contribution is 0.126. The number of phenols is 1. The lowest BCUT2D eigenvalue weighted by Crippen LogP contribution is -2.45. The minimum atomic E-state index is 0.343. The molecule has 0 unspecified atom stereocenters. The molecule has 18 heavy (non-hydrogen) atoms. The van der Waals surface area contributed by atoms with E-state index >= 15 is 0 Å². The van der Waals surface area contributed by atoms with E-state index in [0.29, 0.717) is 10.8 Å². The van der Waals surface area contributed by atoms with E-state index in [1.54, 1.807) is 12.1 Å². The molecular weight excluding hydrogens is 248 g/mol. The first-order chi connectivity index (χ1) is 8.69. The lowest BCUT2D eigenvalue weighted by Gasteiger charge is -2.34. The number of phenolic OH excluding ortho intramolecular Hbond substituents is 1. The van der Waals surface area contributed by atoms with E-state index < -0.39 is 0 Å². The van der Waals surface area contributed by atoms with Gasteiger partial charge in [0.25, 0.3) is 0 Å². The van der Waals surface area contributed by atoms with Gasteiger partial charge in [-0.25, -0.2) is 0 Å². The number of hydrogen-bond donors (Lipinski definition) is 1. The maximum atomic E-state index is 9.81. The third-order valence-corrected chi connectivity index (χ3v) is 3.68. The molecule has 0 radical (unpaired) electrons. The smallest absolute Gasteiger partial charge is 0.120 e. The molecule has 1 fully saturated rings. The standard InChI is InChI=1S/C14H21ClN2O/c1-2-5-16-6-8-17(9-7-16)11-12-10-13(15)3-4-14(12)18/h3-4,10,18H,2,5-9,11H2,1H3. The van der Waals surface area contributed by atoms with E-state index in [1.807, 2.05) is 6.07 Å². The molecule has 0 bridgehead atoms. The van der Waals surface area contributed by atoms with E-state index in [9.17, 15) is 5.11 Å². The number of piperazine rings is 1.